The van der Waals surface area contributed by atoms with E-state index >= 15 is 0 Å². The van der Waals surface area contributed by atoms with Gasteiger partial charge in [0.1, 0.15) is 5.54 Å². The van der Waals surface area contributed by atoms with Gasteiger partial charge in [0, 0.05) is 18.1 Å². The molecule has 0 bridgehead atoms. The number of amides is 2. The number of esters is 1. The maximum Gasteiger partial charge on any atom is 0.332 e. The molecule has 3 rings (SSSR count). The van der Waals surface area contributed by atoms with Gasteiger partial charge < -0.3 is 15.4 Å². The molecule has 1 aliphatic carbocycles. The van der Waals surface area contributed by atoms with Crippen molar-refractivity contribution >= 4 is 29.3 Å². The fraction of sp³-hybridized carbons (Fsp3) is 0.333. The summed E-state index contributed by atoms with van der Waals surface area (Å²) in [5, 5.41) is 5.37. The highest BCUT2D eigenvalue weighted by Crippen LogP contribution is 2.29. The highest BCUT2D eigenvalue weighted by molar-refractivity contribution is 6.13. The van der Waals surface area contributed by atoms with Crippen molar-refractivity contribution in [2.45, 2.75) is 44.6 Å². The molecule has 2 amide bonds. The van der Waals surface area contributed by atoms with Crippen LogP contribution in [0, 0.1) is 0 Å². The molecule has 0 heterocycles. The van der Waals surface area contributed by atoms with Gasteiger partial charge in [-0.1, -0.05) is 61.7 Å². The number of carbonyl (C=O) groups is 4. The van der Waals surface area contributed by atoms with Crippen LogP contribution in [0.1, 0.15) is 54.9 Å². The topological polar surface area (TPSA) is 102 Å². The number of rotatable bonds is 7. The van der Waals surface area contributed by atoms with Gasteiger partial charge in [0.25, 0.3) is 5.91 Å². The van der Waals surface area contributed by atoms with Gasteiger partial charge in [-0.3, -0.25) is 14.4 Å². The molecule has 2 aromatic carbocycles. The largest absolute Gasteiger partial charge is 0.454 e. The molecular formula is C24H26N2O5. The molecule has 1 saturated carbocycles. The molecule has 2 N–H and O–H groups in total. The van der Waals surface area contributed by atoms with Gasteiger partial charge in [0.05, 0.1) is 5.69 Å². The molecule has 0 radical (unpaired) electrons. The molecule has 0 aromatic heterocycles. The van der Waals surface area contributed by atoms with Gasteiger partial charge in [0.15, 0.2) is 12.4 Å². The van der Waals surface area contributed by atoms with Gasteiger partial charge >= 0.3 is 5.97 Å². The van der Waals surface area contributed by atoms with Gasteiger partial charge in [-0.2, -0.15) is 0 Å². The van der Waals surface area contributed by atoms with Crippen LogP contribution >= 0.6 is 0 Å². The van der Waals surface area contributed by atoms with E-state index in [1.807, 2.05) is 6.07 Å². The van der Waals surface area contributed by atoms with Gasteiger partial charge in [-0.05, 0) is 25.0 Å². The molecule has 0 aliphatic heterocycles. The summed E-state index contributed by atoms with van der Waals surface area (Å²) in [5.41, 5.74) is 0.109. The number of hydrogen-bond acceptors (Lipinski definition) is 5. The number of carbonyl (C=O) groups excluding carboxylic acids is 4. The predicted octanol–water partition coefficient (Wildman–Crippen LogP) is 3.24. The minimum atomic E-state index is -1.08. The van der Waals surface area contributed by atoms with Crippen molar-refractivity contribution in [1.82, 2.24) is 5.32 Å². The lowest BCUT2D eigenvalue weighted by atomic mass is 9.81. The standard InChI is InChI=1S/C24H26N2O5/c1-17(27)26-24(14-8-3-9-15-24)23(30)31-16-21(28)25-20-13-7-6-12-19(20)22(29)18-10-4-2-5-11-18/h2,4-7,10-13H,3,8-9,14-16H2,1H3,(H,25,28)(H,26,27). The first-order valence-electron chi connectivity index (χ1n) is 10.4. The van der Waals surface area contributed by atoms with Gasteiger partial charge in [-0.15, -0.1) is 0 Å². The Balaban J connectivity index is 1.65. The van der Waals surface area contributed by atoms with Crippen LogP contribution in [0.5, 0.6) is 0 Å². The van der Waals surface area contributed by atoms with Crippen molar-refractivity contribution in [2.75, 3.05) is 11.9 Å². The Morgan fingerprint density at radius 3 is 2.23 bits per heavy atom. The average Bonchev–Trinajstić information content (AvgIpc) is 2.78. The summed E-state index contributed by atoms with van der Waals surface area (Å²) >= 11 is 0. The average molecular weight is 422 g/mol. The van der Waals surface area contributed by atoms with E-state index in [0.717, 1.165) is 19.3 Å². The van der Waals surface area contributed by atoms with E-state index in [1.54, 1.807) is 48.5 Å². The summed E-state index contributed by atoms with van der Waals surface area (Å²) in [6.07, 6.45) is 3.57. The Morgan fingerprint density at radius 2 is 1.55 bits per heavy atom. The van der Waals surface area contributed by atoms with Crippen LogP contribution in [0.4, 0.5) is 5.69 Å². The number of ketones is 1. The number of nitrogens with one attached hydrogen (secondary N) is 2. The lowest BCUT2D eigenvalue weighted by Crippen LogP contribution is -2.56. The summed E-state index contributed by atoms with van der Waals surface area (Å²) in [6.45, 7) is 0.852. The van der Waals surface area contributed by atoms with Crippen LogP contribution in [0.2, 0.25) is 0 Å². The van der Waals surface area contributed by atoms with Crippen LogP contribution in [0.3, 0.4) is 0 Å². The molecule has 7 heteroatoms. The van der Waals surface area contributed by atoms with Crippen molar-refractivity contribution in [2.24, 2.45) is 0 Å². The third-order valence-electron chi connectivity index (χ3n) is 5.33. The van der Waals surface area contributed by atoms with Crippen molar-refractivity contribution in [3.05, 3.63) is 65.7 Å². The second-order valence-corrected chi connectivity index (χ2v) is 7.69. The molecule has 31 heavy (non-hydrogen) atoms. The molecule has 7 nitrogen and oxygen atoms in total. The van der Waals surface area contributed by atoms with E-state index in [0.29, 0.717) is 29.7 Å². The van der Waals surface area contributed by atoms with Crippen molar-refractivity contribution in [3.8, 4) is 0 Å². The van der Waals surface area contributed by atoms with Crippen LogP contribution in [0.15, 0.2) is 54.6 Å². The van der Waals surface area contributed by atoms with E-state index in [9.17, 15) is 19.2 Å². The first-order chi connectivity index (χ1) is 14.9. The molecule has 2 aromatic rings. The summed E-state index contributed by atoms with van der Waals surface area (Å²) in [7, 11) is 0. The monoisotopic (exact) mass is 422 g/mol. The number of ether oxygens (including phenoxy) is 1. The van der Waals surface area contributed by atoms with Crippen LogP contribution in [-0.4, -0.2) is 35.7 Å². The quantitative estimate of drug-likeness (QED) is 0.527. The lowest BCUT2D eigenvalue weighted by molar-refractivity contribution is -0.157. The van der Waals surface area contributed by atoms with Gasteiger partial charge in [-0.25, -0.2) is 4.79 Å². The van der Waals surface area contributed by atoms with E-state index in [-0.39, 0.29) is 11.7 Å². The summed E-state index contributed by atoms with van der Waals surface area (Å²) in [5.74, 6) is -1.70. The zero-order chi connectivity index (χ0) is 22.3. The Kier molecular flexibility index (Phi) is 7.18. The van der Waals surface area contributed by atoms with E-state index < -0.39 is 24.0 Å². The Hall–Kier alpha value is -3.48. The summed E-state index contributed by atoms with van der Waals surface area (Å²) in [6, 6.07) is 15.4. The fourth-order valence-electron chi connectivity index (χ4n) is 3.86. The lowest BCUT2D eigenvalue weighted by Gasteiger charge is -2.35. The smallest absolute Gasteiger partial charge is 0.332 e. The zero-order valence-corrected chi connectivity index (χ0v) is 17.5. The first-order valence-corrected chi connectivity index (χ1v) is 10.4. The fourth-order valence-corrected chi connectivity index (χ4v) is 3.86. The highest BCUT2D eigenvalue weighted by Gasteiger charge is 2.42. The number of para-hydroxylation sites is 1. The summed E-state index contributed by atoms with van der Waals surface area (Å²) in [4.78, 5) is 49.5. The van der Waals surface area contributed by atoms with Gasteiger partial charge in [0.2, 0.25) is 5.91 Å². The molecule has 0 spiro atoms. The minimum Gasteiger partial charge on any atom is -0.454 e. The maximum atomic E-state index is 12.8. The van der Waals surface area contributed by atoms with E-state index in [4.69, 9.17) is 4.74 Å². The third-order valence-corrected chi connectivity index (χ3v) is 5.33. The normalized spacial score (nSPS) is 14.9. The molecule has 0 unspecified atom stereocenters. The second-order valence-electron chi connectivity index (χ2n) is 7.69. The SMILES string of the molecule is CC(=O)NC1(C(=O)OCC(=O)Nc2ccccc2C(=O)c2ccccc2)CCCCC1. The first kappa shape index (κ1) is 22.2. The number of hydrogen-bond donors (Lipinski definition) is 2. The molecule has 1 aliphatic rings. The molecule has 162 valence electrons. The zero-order valence-electron chi connectivity index (χ0n) is 17.5. The van der Waals surface area contributed by atoms with Crippen molar-refractivity contribution in [1.29, 1.82) is 0 Å². The van der Waals surface area contributed by atoms with Crippen LogP contribution in [0.25, 0.3) is 0 Å². The van der Waals surface area contributed by atoms with Crippen LogP contribution < -0.4 is 10.6 Å². The Morgan fingerprint density at radius 1 is 0.903 bits per heavy atom. The second kappa shape index (κ2) is 10.0. The highest BCUT2D eigenvalue weighted by atomic mass is 16.5. The third kappa shape index (κ3) is 5.57. The molecule has 0 atom stereocenters. The molecule has 0 saturated heterocycles. The van der Waals surface area contributed by atoms with Crippen molar-refractivity contribution < 1.29 is 23.9 Å². The predicted molar refractivity (Wildman–Crippen MR) is 116 cm³/mol. The summed E-state index contributed by atoms with van der Waals surface area (Å²) < 4.78 is 5.25. The molecule has 1 fully saturated rings. The van der Waals surface area contributed by atoms with E-state index in [1.165, 1.54) is 6.92 Å². The Labute approximate surface area is 181 Å². The molecular weight excluding hydrogens is 396 g/mol. The number of benzene rings is 2. The van der Waals surface area contributed by atoms with Crippen molar-refractivity contribution in [3.63, 3.8) is 0 Å². The van der Waals surface area contributed by atoms with Crippen LogP contribution in [-0.2, 0) is 19.1 Å². The Bertz CT molecular complexity index is 965. The maximum absolute atomic E-state index is 12.8. The van der Waals surface area contributed by atoms with E-state index in [2.05, 4.69) is 10.6 Å². The minimum absolute atomic E-state index is 0.222. The number of anilines is 1.